The Labute approximate surface area is 137 Å². The number of phenols is 1. The standard InChI is InChI=1S/C18H26O5/c1-17(2,16(22)23)11-12-18(3,10-4-5-15(20)21)13-6-8-14(19)9-7-13/h6-9,19H,4-5,10-12H2,1-3H3,(H,20,21)(H,22,23). The molecule has 0 bridgehead atoms. The van der Waals surface area contributed by atoms with Gasteiger partial charge in [0.15, 0.2) is 0 Å². The minimum Gasteiger partial charge on any atom is -0.508 e. The fourth-order valence-corrected chi connectivity index (χ4v) is 2.60. The predicted octanol–water partition coefficient (Wildman–Crippen LogP) is 3.80. The summed E-state index contributed by atoms with van der Waals surface area (Å²) >= 11 is 0. The lowest BCUT2D eigenvalue weighted by Gasteiger charge is -2.33. The van der Waals surface area contributed by atoms with Gasteiger partial charge >= 0.3 is 11.9 Å². The summed E-state index contributed by atoms with van der Waals surface area (Å²) in [4.78, 5) is 22.1. The number of aromatic hydroxyl groups is 1. The van der Waals surface area contributed by atoms with Crippen LogP contribution < -0.4 is 0 Å². The van der Waals surface area contributed by atoms with Gasteiger partial charge in [0.05, 0.1) is 5.41 Å². The maximum Gasteiger partial charge on any atom is 0.309 e. The molecule has 0 aromatic heterocycles. The van der Waals surface area contributed by atoms with Crippen LogP contribution >= 0.6 is 0 Å². The molecule has 0 amide bonds. The molecule has 23 heavy (non-hydrogen) atoms. The molecule has 1 atom stereocenters. The number of rotatable bonds is 9. The Bertz CT molecular complexity index is 547. The van der Waals surface area contributed by atoms with Crippen LogP contribution in [0.4, 0.5) is 0 Å². The average molecular weight is 322 g/mol. The first-order chi connectivity index (χ1) is 10.6. The molecule has 1 aromatic rings. The quantitative estimate of drug-likeness (QED) is 0.643. The first kappa shape index (κ1) is 19.0. The first-order valence-electron chi connectivity index (χ1n) is 7.81. The van der Waals surface area contributed by atoms with Crippen molar-refractivity contribution in [3.05, 3.63) is 29.8 Å². The Morgan fingerprint density at radius 2 is 1.52 bits per heavy atom. The summed E-state index contributed by atoms with van der Waals surface area (Å²) in [7, 11) is 0. The molecule has 0 aliphatic heterocycles. The lowest BCUT2D eigenvalue weighted by molar-refractivity contribution is -0.147. The fraction of sp³-hybridized carbons (Fsp3) is 0.556. The highest BCUT2D eigenvalue weighted by Crippen LogP contribution is 2.38. The van der Waals surface area contributed by atoms with Crippen molar-refractivity contribution in [2.75, 3.05) is 0 Å². The van der Waals surface area contributed by atoms with Gasteiger partial charge in [0.1, 0.15) is 5.75 Å². The van der Waals surface area contributed by atoms with E-state index >= 15 is 0 Å². The summed E-state index contributed by atoms with van der Waals surface area (Å²) < 4.78 is 0. The maximum atomic E-state index is 11.3. The Balaban J connectivity index is 2.93. The molecule has 1 rings (SSSR count). The molecular weight excluding hydrogens is 296 g/mol. The van der Waals surface area contributed by atoms with Crippen molar-refractivity contribution in [3.8, 4) is 5.75 Å². The number of carboxylic acid groups (broad SMARTS) is 2. The lowest BCUT2D eigenvalue weighted by atomic mass is 9.71. The Morgan fingerprint density at radius 3 is 2.00 bits per heavy atom. The van der Waals surface area contributed by atoms with E-state index < -0.39 is 17.4 Å². The van der Waals surface area contributed by atoms with E-state index in [-0.39, 0.29) is 17.6 Å². The zero-order valence-corrected chi connectivity index (χ0v) is 14.0. The van der Waals surface area contributed by atoms with E-state index in [4.69, 9.17) is 5.11 Å². The van der Waals surface area contributed by atoms with Gasteiger partial charge in [0, 0.05) is 6.42 Å². The van der Waals surface area contributed by atoms with Crippen molar-refractivity contribution in [3.63, 3.8) is 0 Å². The number of carboxylic acids is 2. The molecule has 1 aromatic carbocycles. The highest BCUT2D eigenvalue weighted by molar-refractivity contribution is 5.73. The predicted molar refractivity (Wildman–Crippen MR) is 87.6 cm³/mol. The molecule has 5 nitrogen and oxygen atoms in total. The van der Waals surface area contributed by atoms with Crippen molar-refractivity contribution >= 4 is 11.9 Å². The van der Waals surface area contributed by atoms with Gasteiger partial charge in [-0.05, 0) is 62.6 Å². The minimum absolute atomic E-state index is 0.0933. The lowest BCUT2D eigenvalue weighted by Crippen LogP contribution is -2.29. The zero-order chi connectivity index (χ0) is 17.7. The number of hydrogen-bond donors (Lipinski definition) is 3. The number of aliphatic carboxylic acids is 2. The molecule has 0 fully saturated rings. The van der Waals surface area contributed by atoms with Crippen LogP contribution in [0.5, 0.6) is 5.75 Å². The zero-order valence-electron chi connectivity index (χ0n) is 14.0. The molecule has 0 heterocycles. The van der Waals surface area contributed by atoms with E-state index in [1.165, 1.54) is 0 Å². The Kier molecular flexibility index (Phi) is 6.19. The summed E-state index contributed by atoms with van der Waals surface area (Å²) in [6.07, 6.45) is 2.40. The Hall–Kier alpha value is -2.04. The molecule has 0 saturated carbocycles. The molecule has 0 aliphatic rings. The molecule has 1 unspecified atom stereocenters. The molecule has 3 N–H and O–H groups in total. The van der Waals surface area contributed by atoms with Gasteiger partial charge in [-0.1, -0.05) is 19.1 Å². The number of benzene rings is 1. The van der Waals surface area contributed by atoms with Crippen molar-refractivity contribution < 1.29 is 24.9 Å². The second-order valence-electron chi connectivity index (χ2n) is 7.04. The maximum absolute atomic E-state index is 11.3. The van der Waals surface area contributed by atoms with Crippen LogP contribution in [0.2, 0.25) is 0 Å². The topological polar surface area (TPSA) is 94.8 Å². The van der Waals surface area contributed by atoms with Gasteiger partial charge in [0.25, 0.3) is 0 Å². The van der Waals surface area contributed by atoms with E-state index in [0.717, 1.165) is 5.56 Å². The van der Waals surface area contributed by atoms with Gasteiger partial charge in [-0.15, -0.1) is 0 Å². The normalized spacial score (nSPS) is 14.2. The molecule has 0 aliphatic carbocycles. The number of carbonyl (C=O) groups is 2. The van der Waals surface area contributed by atoms with Crippen molar-refractivity contribution in [2.45, 2.75) is 58.3 Å². The van der Waals surface area contributed by atoms with E-state index in [0.29, 0.717) is 25.7 Å². The molecule has 128 valence electrons. The largest absolute Gasteiger partial charge is 0.508 e. The van der Waals surface area contributed by atoms with Gasteiger partial charge < -0.3 is 15.3 Å². The average Bonchev–Trinajstić information content (AvgIpc) is 2.45. The number of hydrogen-bond acceptors (Lipinski definition) is 3. The SMILES string of the molecule is CC(C)(CCC(C)(CCCC(=O)O)c1ccc(O)cc1)C(=O)O. The van der Waals surface area contributed by atoms with Crippen LogP contribution in [0, 0.1) is 5.41 Å². The summed E-state index contributed by atoms with van der Waals surface area (Å²) in [5.74, 6) is -1.49. The smallest absolute Gasteiger partial charge is 0.309 e. The van der Waals surface area contributed by atoms with Crippen LogP contribution in [-0.4, -0.2) is 27.3 Å². The third-order valence-electron chi connectivity index (χ3n) is 4.56. The van der Waals surface area contributed by atoms with Crippen molar-refractivity contribution in [1.29, 1.82) is 0 Å². The van der Waals surface area contributed by atoms with Gasteiger partial charge in [-0.2, -0.15) is 0 Å². The van der Waals surface area contributed by atoms with E-state index in [1.807, 2.05) is 19.1 Å². The van der Waals surface area contributed by atoms with Crippen molar-refractivity contribution in [1.82, 2.24) is 0 Å². The van der Waals surface area contributed by atoms with Crippen LogP contribution in [-0.2, 0) is 15.0 Å². The molecule has 0 spiro atoms. The van der Waals surface area contributed by atoms with Crippen LogP contribution in [0.1, 0.15) is 58.4 Å². The number of phenolic OH excluding ortho intramolecular Hbond substituents is 1. The second-order valence-corrected chi connectivity index (χ2v) is 7.04. The molecule has 0 saturated heterocycles. The third kappa shape index (κ3) is 5.58. The van der Waals surface area contributed by atoms with Crippen molar-refractivity contribution in [2.24, 2.45) is 5.41 Å². The molecular formula is C18H26O5. The van der Waals surface area contributed by atoms with Crippen LogP contribution in [0.15, 0.2) is 24.3 Å². The van der Waals surface area contributed by atoms with Gasteiger partial charge in [0.2, 0.25) is 0 Å². The van der Waals surface area contributed by atoms with Crippen LogP contribution in [0.25, 0.3) is 0 Å². The monoisotopic (exact) mass is 322 g/mol. The third-order valence-corrected chi connectivity index (χ3v) is 4.56. The Morgan fingerprint density at radius 1 is 0.957 bits per heavy atom. The van der Waals surface area contributed by atoms with Gasteiger partial charge in [-0.25, -0.2) is 0 Å². The van der Waals surface area contributed by atoms with E-state index in [9.17, 15) is 19.8 Å². The minimum atomic E-state index is -0.837. The van der Waals surface area contributed by atoms with E-state index in [1.54, 1.807) is 26.0 Å². The molecule has 5 heteroatoms. The van der Waals surface area contributed by atoms with E-state index in [2.05, 4.69) is 0 Å². The highest BCUT2D eigenvalue weighted by Gasteiger charge is 2.33. The van der Waals surface area contributed by atoms with Crippen LogP contribution in [0.3, 0.4) is 0 Å². The summed E-state index contributed by atoms with van der Waals surface area (Å²) in [6.45, 7) is 5.42. The summed E-state index contributed by atoms with van der Waals surface area (Å²) in [5, 5.41) is 27.6. The first-order valence-corrected chi connectivity index (χ1v) is 7.81. The second kappa shape index (κ2) is 7.49. The summed E-state index contributed by atoms with van der Waals surface area (Å²) in [6, 6.07) is 6.86. The highest BCUT2D eigenvalue weighted by atomic mass is 16.4. The fourth-order valence-electron chi connectivity index (χ4n) is 2.60. The van der Waals surface area contributed by atoms with Gasteiger partial charge in [-0.3, -0.25) is 9.59 Å². The summed E-state index contributed by atoms with van der Waals surface area (Å²) in [5.41, 5.74) is -0.164. The molecule has 0 radical (unpaired) electrons.